The molecule has 0 aliphatic carbocycles. The van der Waals surface area contributed by atoms with Gasteiger partial charge in [-0.3, -0.25) is 20.4 Å². The van der Waals surface area contributed by atoms with Crippen LogP contribution in [0.25, 0.3) is 0 Å². The summed E-state index contributed by atoms with van der Waals surface area (Å²) in [6.45, 7) is 0.941. The van der Waals surface area contributed by atoms with E-state index in [2.05, 4.69) is 10.9 Å². The second-order valence-electron chi connectivity index (χ2n) is 5.35. The van der Waals surface area contributed by atoms with Gasteiger partial charge in [0.25, 0.3) is 5.91 Å². The minimum Gasteiger partial charge on any atom is -0.491 e. The molecule has 0 fully saturated rings. The van der Waals surface area contributed by atoms with E-state index in [1.54, 1.807) is 31.4 Å². The average molecular weight is 342 g/mol. The highest BCUT2D eigenvalue weighted by Crippen LogP contribution is 2.12. The third-order valence-electron chi connectivity index (χ3n) is 3.47. The lowest BCUT2D eigenvalue weighted by molar-refractivity contribution is -0.121. The van der Waals surface area contributed by atoms with Crippen LogP contribution in [0.5, 0.6) is 5.75 Å². The normalized spacial score (nSPS) is 10.1. The van der Waals surface area contributed by atoms with Gasteiger partial charge >= 0.3 is 0 Å². The molecule has 0 aliphatic rings. The SMILES string of the molecule is COCCOc1ccc(C(=O)NNC(=O)CCc2ccccc2)cc1. The number of amides is 2. The summed E-state index contributed by atoms with van der Waals surface area (Å²) in [5.41, 5.74) is 6.34. The van der Waals surface area contributed by atoms with Crippen LogP contribution < -0.4 is 15.6 Å². The zero-order valence-corrected chi connectivity index (χ0v) is 14.2. The van der Waals surface area contributed by atoms with Gasteiger partial charge in [-0.2, -0.15) is 0 Å². The van der Waals surface area contributed by atoms with Crippen molar-refractivity contribution < 1.29 is 19.1 Å². The Bertz CT molecular complexity index is 672. The maximum absolute atomic E-state index is 12.0. The van der Waals surface area contributed by atoms with Crippen molar-refractivity contribution in [1.82, 2.24) is 10.9 Å². The third kappa shape index (κ3) is 6.64. The highest BCUT2D eigenvalue weighted by molar-refractivity contribution is 5.95. The molecule has 0 radical (unpaired) electrons. The number of methoxy groups -OCH3 is 1. The number of ether oxygens (including phenoxy) is 2. The van der Waals surface area contributed by atoms with Gasteiger partial charge in [0.15, 0.2) is 0 Å². The molecule has 0 unspecified atom stereocenters. The van der Waals surface area contributed by atoms with Crippen molar-refractivity contribution >= 4 is 11.8 Å². The predicted octanol–water partition coefficient (Wildman–Crippen LogP) is 2.11. The van der Waals surface area contributed by atoms with Crippen molar-refractivity contribution in [3.8, 4) is 5.75 Å². The Kier molecular flexibility index (Phi) is 7.46. The number of carbonyl (C=O) groups excluding carboxylic acids is 2. The molecular formula is C19H22N2O4. The van der Waals surface area contributed by atoms with E-state index in [4.69, 9.17) is 9.47 Å². The number of aryl methyl sites for hydroxylation is 1. The standard InChI is InChI=1S/C19H22N2O4/c1-24-13-14-25-17-10-8-16(9-11-17)19(23)21-20-18(22)12-7-15-5-3-2-4-6-15/h2-6,8-11H,7,12-14H2,1H3,(H,20,22)(H,21,23). The maximum atomic E-state index is 12.0. The number of hydrogen-bond acceptors (Lipinski definition) is 4. The number of hydrazine groups is 1. The van der Waals surface area contributed by atoms with E-state index in [1.165, 1.54) is 0 Å². The van der Waals surface area contributed by atoms with Crippen molar-refractivity contribution in [1.29, 1.82) is 0 Å². The summed E-state index contributed by atoms with van der Waals surface area (Å²) in [5.74, 6) is 0.0359. The Hall–Kier alpha value is -2.86. The monoisotopic (exact) mass is 342 g/mol. The van der Waals surface area contributed by atoms with Crippen LogP contribution in [0.3, 0.4) is 0 Å². The van der Waals surface area contributed by atoms with Gasteiger partial charge in [0.05, 0.1) is 6.61 Å². The predicted molar refractivity (Wildman–Crippen MR) is 94.2 cm³/mol. The van der Waals surface area contributed by atoms with E-state index in [0.717, 1.165) is 5.56 Å². The Morgan fingerprint density at radius 1 is 0.920 bits per heavy atom. The summed E-state index contributed by atoms with van der Waals surface area (Å²) in [6, 6.07) is 16.4. The zero-order valence-electron chi connectivity index (χ0n) is 14.2. The van der Waals surface area contributed by atoms with Gasteiger partial charge in [0.1, 0.15) is 12.4 Å². The quantitative estimate of drug-likeness (QED) is 0.569. The lowest BCUT2D eigenvalue weighted by Crippen LogP contribution is -2.41. The topological polar surface area (TPSA) is 76.7 Å². The molecule has 0 atom stereocenters. The molecule has 0 bridgehead atoms. The summed E-state index contributed by atoms with van der Waals surface area (Å²) >= 11 is 0. The molecule has 2 rings (SSSR count). The number of nitrogens with one attached hydrogen (secondary N) is 2. The van der Waals surface area contributed by atoms with E-state index < -0.39 is 0 Å². The first kappa shape index (κ1) is 18.5. The molecule has 0 aromatic heterocycles. The first-order chi connectivity index (χ1) is 12.2. The third-order valence-corrected chi connectivity index (χ3v) is 3.47. The fraction of sp³-hybridized carbons (Fsp3) is 0.263. The van der Waals surface area contributed by atoms with Crippen LogP contribution in [0.4, 0.5) is 0 Å². The van der Waals surface area contributed by atoms with Gasteiger partial charge < -0.3 is 9.47 Å². The van der Waals surface area contributed by atoms with E-state index >= 15 is 0 Å². The van der Waals surface area contributed by atoms with Gasteiger partial charge in [0.2, 0.25) is 5.91 Å². The largest absolute Gasteiger partial charge is 0.491 e. The van der Waals surface area contributed by atoms with Crippen molar-refractivity contribution in [3.63, 3.8) is 0 Å². The van der Waals surface area contributed by atoms with Crippen LogP contribution >= 0.6 is 0 Å². The molecular weight excluding hydrogens is 320 g/mol. The molecule has 0 saturated carbocycles. The maximum Gasteiger partial charge on any atom is 0.269 e. The Morgan fingerprint density at radius 2 is 1.64 bits per heavy atom. The van der Waals surface area contributed by atoms with Crippen molar-refractivity contribution in [3.05, 3.63) is 65.7 Å². The van der Waals surface area contributed by atoms with Gasteiger partial charge in [-0.25, -0.2) is 0 Å². The van der Waals surface area contributed by atoms with E-state index in [9.17, 15) is 9.59 Å². The Morgan fingerprint density at radius 3 is 2.32 bits per heavy atom. The fourth-order valence-electron chi connectivity index (χ4n) is 2.11. The smallest absolute Gasteiger partial charge is 0.269 e. The molecule has 0 heterocycles. The lowest BCUT2D eigenvalue weighted by Gasteiger charge is -2.09. The minimum atomic E-state index is -0.378. The Balaban J connectivity index is 1.72. The molecule has 6 heteroatoms. The second-order valence-corrected chi connectivity index (χ2v) is 5.35. The van der Waals surface area contributed by atoms with Gasteiger partial charge in [-0.05, 0) is 36.2 Å². The molecule has 6 nitrogen and oxygen atoms in total. The molecule has 2 aromatic rings. The highest BCUT2D eigenvalue weighted by atomic mass is 16.5. The number of benzene rings is 2. The van der Waals surface area contributed by atoms with Gasteiger partial charge in [-0.15, -0.1) is 0 Å². The molecule has 132 valence electrons. The second kappa shape index (κ2) is 10.1. The first-order valence-electron chi connectivity index (χ1n) is 8.04. The van der Waals surface area contributed by atoms with Crippen molar-refractivity contribution in [2.45, 2.75) is 12.8 Å². The van der Waals surface area contributed by atoms with Crippen LogP contribution in [0.2, 0.25) is 0 Å². The molecule has 2 N–H and O–H groups in total. The summed E-state index contributed by atoms with van der Waals surface area (Å²) in [6.07, 6.45) is 0.923. The van der Waals surface area contributed by atoms with E-state index in [1.807, 2.05) is 30.3 Å². The van der Waals surface area contributed by atoms with E-state index in [-0.39, 0.29) is 11.8 Å². The minimum absolute atomic E-state index is 0.239. The van der Waals surface area contributed by atoms with Crippen LogP contribution in [0, 0.1) is 0 Å². The molecule has 2 aromatic carbocycles. The lowest BCUT2D eigenvalue weighted by atomic mass is 10.1. The van der Waals surface area contributed by atoms with Gasteiger partial charge in [0, 0.05) is 19.1 Å². The fourth-order valence-corrected chi connectivity index (χ4v) is 2.11. The molecule has 0 aliphatic heterocycles. The van der Waals surface area contributed by atoms with E-state index in [0.29, 0.717) is 37.4 Å². The van der Waals surface area contributed by atoms with Crippen LogP contribution in [0.15, 0.2) is 54.6 Å². The highest BCUT2D eigenvalue weighted by Gasteiger charge is 2.08. The van der Waals surface area contributed by atoms with Crippen LogP contribution in [-0.4, -0.2) is 32.1 Å². The summed E-state index contributed by atoms with van der Waals surface area (Å²) in [7, 11) is 1.60. The van der Waals surface area contributed by atoms with Gasteiger partial charge in [-0.1, -0.05) is 30.3 Å². The zero-order chi connectivity index (χ0) is 17.9. The Labute approximate surface area is 147 Å². The number of hydrogen-bond donors (Lipinski definition) is 2. The summed E-state index contributed by atoms with van der Waals surface area (Å²) in [5, 5.41) is 0. The molecule has 25 heavy (non-hydrogen) atoms. The van der Waals surface area contributed by atoms with Crippen molar-refractivity contribution in [2.24, 2.45) is 0 Å². The summed E-state index contributed by atoms with van der Waals surface area (Å²) in [4.78, 5) is 23.8. The van der Waals surface area contributed by atoms with Crippen molar-refractivity contribution in [2.75, 3.05) is 20.3 Å². The van der Waals surface area contributed by atoms with Crippen LogP contribution in [0.1, 0.15) is 22.3 Å². The number of carbonyl (C=O) groups is 2. The van der Waals surface area contributed by atoms with Crippen LogP contribution in [-0.2, 0) is 16.0 Å². The summed E-state index contributed by atoms with van der Waals surface area (Å²) < 4.78 is 10.3. The first-order valence-corrected chi connectivity index (χ1v) is 8.04. The number of rotatable bonds is 8. The average Bonchev–Trinajstić information content (AvgIpc) is 2.66. The molecule has 2 amide bonds. The molecule has 0 saturated heterocycles. The molecule has 0 spiro atoms.